The monoisotopic (exact) mass is 283 g/mol. The van der Waals surface area contributed by atoms with Crippen molar-refractivity contribution in [2.45, 2.75) is 26.2 Å². The van der Waals surface area contributed by atoms with Crippen LogP contribution in [-0.2, 0) is 9.53 Å². The predicted molar refractivity (Wildman–Crippen MR) is 75.5 cm³/mol. The van der Waals surface area contributed by atoms with E-state index in [2.05, 4.69) is 4.90 Å². The fourth-order valence-electron chi connectivity index (χ4n) is 2.75. The molecule has 2 heterocycles. The molecule has 0 aliphatic carbocycles. The standard InChI is InChI=1S/C14H25N3O3/c1-2-20-14(19)17-11-9-15(10-12-17)8-5-13(18)16-6-3-4-7-16/h2-12H2,1H3. The lowest BCUT2D eigenvalue weighted by Gasteiger charge is -2.34. The maximum Gasteiger partial charge on any atom is 0.409 e. The average molecular weight is 283 g/mol. The second kappa shape index (κ2) is 7.47. The first kappa shape index (κ1) is 15.1. The largest absolute Gasteiger partial charge is 0.450 e. The van der Waals surface area contributed by atoms with Crippen LogP contribution in [0.3, 0.4) is 0 Å². The van der Waals surface area contributed by atoms with Crippen LogP contribution in [0, 0.1) is 0 Å². The van der Waals surface area contributed by atoms with Crippen LogP contribution in [-0.4, -0.2) is 79.1 Å². The van der Waals surface area contributed by atoms with Crippen LogP contribution in [0.25, 0.3) is 0 Å². The van der Waals surface area contributed by atoms with Gasteiger partial charge in [0.1, 0.15) is 0 Å². The molecule has 2 aliphatic rings. The van der Waals surface area contributed by atoms with Gasteiger partial charge in [0.25, 0.3) is 0 Å². The van der Waals surface area contributed by atoms with E-state index in [1.807, 2.05) is 11.8 Å². The molecule has 20 heavy (non-hydrogen) atoms. The molecule has 0 radical (unpaired) electrons. The normalized spacial score (nSPS) is 20.2. The SMILES string of the molecule is CCOC(=O)N1CCN(CCC(=O)N2CCCC2)CC1. The van der Waals surface area contributed by atoms with E-state index in [0.29, 0.717) is 26.1 Å². The zero-order valence-corrected chi connectivity index (χ0v) is 12.3. The molecule has 114 valence electrons. The summed E-state index contributed by atoms with van der Waals surface area (Å²) in [7, 11) is 0. The Labute approximate surface area is 120 Å². The zero-order valence-electron chi connectivity index (χ0n) is 12.3. The molecule has 2 aliphatic heterocycles. The molecule has 0 aromatic rings. The number of hydrogen-bond donors (Lipinski definition) is 0. The second-order valence-corrected chi connectivity index (χ2v) is 5.37. The van der Waals surface area contributed by atoms with Gasteiger partial charge in [0, 0.05) is 52.2 Å². The summed E-state index contributed by atoms with van der Waals surface area (Å²) in [4.78, 5) is 29.5. The Morgan fingerprint density at radius 2 is 1.60 bits per heavy atom. The van der Waals surface area contributed by atoms with Gasteiger partial charge in [-0.1, -0.05) is 0 Å². The number of piperazine rings is 1. The third kappa shape index (κ3) is 4.10. The summed E-state index contributed by atoms with van der Waals surface area (Å²) in [6.07, 6.45) is 2.66. The van der Waals surface area contributed by atoms with Crippen molar-refractivity contribution in [1.29, 1.82) is 0 Å². The summed E-state index contributed by atoms with van der Waals surface area (Å²) in [6.45, 7) is 7.92. The molecular weight excluding hydrogens is 258 g/mol. The van der Waals surface area contributed by atoms with Gasteiger partial charge in [-0.2, -0.15) is 0 Å². The topological polar surface area (TPSA) is 53.1 Å². The van der Waals surface area contributed by atoms with Gasteiger partial charge in [-0.15, -0.1) is 0 Å². The third-order valence-corrected chi connectivity index (χ3v) is 4.00. The Hall–Kier alpha value is -1.30. The third-order valence-electron chi connectivity index (χ3n) is 4.00. The Morgan fingerprint density at radius 3 is 2.20 bits per heavy atom. The van der Waals surface area contributed by atoms with Crippen LogP contribution in [0.2, 0.25) is 0 Å². The van der Waals surface area contributed by atoms with Crippen LogP contribution in [0.5, 0.6) is 0 Å². The average Bonchev–Trinajstić information content (AvgIpc) is 3.00. The minimum absolute atomic E-state index is 0.222. The summed E-state index contributed by atoms with van der Waals surface area (Å²) < 4.78 is 4.99. The highest BCUT2D eigenvalue weighted by Gasteiger charge is 2.23. The molecule has 0 N–H and O–H groups in total. The van der Waals surface area contributed by atoms with Gasteiger partial charge < -0.3 is 14.5 Å². The van der Waals surface area contributed by atoms with Crippen LogP contribution in [0.4, 0.5) is 4.79 Å². The van der Waals surface area contributed by atoms with Crippen LogP contribution < -0.4 is 0 Å². The fourth-order valence-corrected chi connectivity index (χ4v) is 2.75. The highest BCUT2D eigenvalue weighted by molar-refractivity contribution is 5.76. The van der Waals surface area contributed by atoms with Crippen molar-refractivity contribution in [2.75, 3.05) is 52.4 Å². The minimum atomic E-state index is -0.222. The lowest BCUT2D eigenvalue weighted by atomic mass is 10.3. The van der Waals surface area contributed by atoms with Gasteiger partial charge in [0.15, 0.2) is 0 Å². The van der Waals surface area contributed by atoms with Gasteiger partial charge in [0.05, 0.1) is 6.61 Å². The van der Waals surface area contributed by atoms with E-state index in [0.717, 1.165) is 45.6 Å². The molecule has 6 nitrogen and oxygen atoms in total. The van der Waals surface area contributed by atoms with Gasteiger partial charge >= 0.3 is 6.09 Å². The molecule has 0 unspecified atom stereocenters. The summed E-state index contributed by atoms with van der Waals surface area (Å²) in [5.74, 6) is 0.273. The first-order valence-corrected chi connectivity index (χ1v) is 7.62. The van der Waals surface area contributed by atoms with E-state index in [9.17, 15) is 9.59 Å². The van der Waals surface area contributed by atoms with E-state index in [4.69, 9.17) is 4.74 Å². The molecule has 2 rings (SSSR count). The lowest BCUT2D eigenvalue weighted by molar-refractivity contribution is -0.130. The van der Waals surface area contributed by atoms with Gasteiger partial charge in [0.2, 0.25) is 5.91 Å². The molecule has 2 fully saturated rings. The number of ether oxygens (including phenoxy) is 1. The van der Waals surface area contributed by atoms with E-state index < -0.39 is 0 Å². The Morgan fingerprint density at radius 1 is 0.950 bits per heavy atom. The van der Waals surface area contributed by atoms with Gasteiger partial charge in [-0.25, -0.2) is 4.79 Å². The van der Waals surface area contributed by atoms with E-state index >= 15 is 0 Å². The first-order chi connectivity index (χ1) is 9.70. The minimum Gasteiger partial charge on any atom is -0.450 e. The van der Waals surface area contributed by atoms with Crippen molar-refractivity contribution in [1.82, 2.24) is 14.7 Å². The van der Waals surface area contributed by atoms with Crippen molar-refractivity contribution >= 4 is 12.0 Å². The molecule has 2 saturated heterocycles. The molecule has 6 heteroatoms. The molecule has 2 amide bonds. The Balaban J connectivity index is 1.64. The molecule has 0 atom stereocenters. The maximum atomic E-state index is 12.0. The molecule has 0 aromatic heterocycles. The van der Waals surface area contributed by atoms with Crippen molar-refractivity contribution in [3.8, 4) is 0 Å². The Bertz CT molecular complexity index is 335. The molecule has 0 aromatic carbocycles. The maximum absolute atomic E-state index is 12.0. The van der Waals surface area contributed by atoms with Crippen molar-refractivity contribution in [3.05, 3.63) is 0 Å². The Kier molecular flexibility index (Phi) is 5.64. The van der Waals surface area contributed by atoms with Crippen molar-refractivity contribution < 1.29 is 14.3 Å². The van der Waals surface area contributed by atoms with Crippen molar-refractivity contribution in [2.24, 2.45) is 0 Å². The van der Waals surface area contributed by atoms with Gasteiger partial charge in [-0.05, 0) is 19.8 Å². The van der Waals surface area contributed by atoms with E-state index in [1.54, 1.807) is 4.90 Å². The molecular formula is C14H25N3O3. The summed E-state index contributed by atoms with van der Waals surface area (Å²) in [5.41, 5.74) is 0. The highest BCUT2D eigenvalue weighted by Crippen LogP contribution is 2.10. The number of hydrogen-bond acceptors (Lipinski definition) is 4. The predicted octanol–water partition coefficient (Wildman–Crippen LogP) is 0.773. The van der Waals surface area contributed by atoms with Gasteiger partial charge in [-0.3, -0.25) is 9.69 Å². The zero-order chi connectivity index (χ0) is 14.4. The molecule has 0 spiro atoms. The summed E-state index contributed by atoms with van der Waals surface area (Å²) >= 11 is 0. The number of carbonyl (C=O) groups excluding carboxylic acids is 2. The van der Waals surface area contributed by atoms with Crippen molar-refractivity contribution in [3.63, 3.8) is 0 Å². The fraction of sp³-hybridized carbons (Fsp3) is 0.857. The molecule has 0 saturated carbocycles. The lowest BCUT2D eigenvalue weighted by Crippen LogP contribution is -2.49. The van der Waals surface area contributed by atoms with E-state index in [-0.39, 0.29) is 12.0 Å². The van der Waals surface area contributed by atoms with Crippen LogP contribution >= 0.6 is 0 Å². The first-order valence-electron chi connectivity index (χ1n) is 7.62. The van der Waals surface area contributed by atoms with Crippen LogP contribution in [0.15, 0.2) is 0 Å². The number of likely N-dealkylation sites (tertiary alicyclic amines) is 1. The number of rotatable bonds is 4. The number of amides is 2. The van der Waals surface area contributed by atoms with Crippen LogP contribution in [0.1, 0.15) is 26.2 Å². The quantitative estimate of drug-likeness (QED) is 0.765. The molecule has 0 bridgehead atoms. The highest BCUT2D eigenvalue weighted by atomic mass is 16.6. The van der Waals surface area contributed by atoms with E-state index in [1.165, 1.54) is 0 Å². The smallest absolute Gasteiger partial charge is 0.409 e. The summed E-state index contributed by atoms with van der Waals surface area (Å²) in [6, 6.07) is 0. The number of nitrogens with zero attached hydrogens (tertiary/aromatic N) is 3. The number of carbonyl (C=O) groups is 2. The summed E-state index contributed by atoms with van der Waals surface area (Å²) in [5, 5.41) is 0. The second-order valence-electron chi connectivity index (χ2n) is 5.37.